The largest absolute Gasteiger partial charge is 0.298 e. The summed E-state index contributed by atoms with van der Waals surface area (Å²) in [7, 11) is 0. The number of imide groups is 1. The van der Waals surface area contributed by atoms with E-state index in [2.05, 4.69) is 10.3 Å². The van der Waals surface area contributed by atoms with Crippen molar-refractivity contribution in [2.45, 2.75) is 19.4 Å². The topological polar surface area (TPSA) is 79.4 Å². The first-order chi connectivity index (χ1) is 14.4. The van der Waals surface area contributed by atoms with Crippen LogP contribution < -0.4 is 5.32 Å². The molecule has 6 nitrogen and oxygen atoms in total. The van der Waals surface area contributed by atoms with Crippen molar-refractivity contribution in [3.05, 3.63) is 70.6 Å². The zero-order valence-corrected chi connectivity index (χ0v) is 16.3. The fourth-order valence-electron chi connectivity index (χ4n) is 3.06. The van der Waals surface area contributed by atoms with Gasteiger partial charge in [0.05, 0.1) is 12.2 Å². The van der Waals surface area contributed by atoms with E-state index in [1.807, 2.05) is 0 Å². The second-order valence-corrected chi connectivity index (χ2v) is 7.54. The van der Waals surface area contributed by atoms with Gasteiger partial charge in [-0.15, -0.1) is 11.3 Å². The molecular formula is C21H15F2N3O3S. The van der Waals surface area contributed by atoms with Crippen LogP contribution in [0.15, 0.2) is 47.8 Å². The number of thiazole rings is 1. The molecule has 9 heteroatoms. The molecule has 1 aliphatic rings. The number of hydrogen-bond acceptors (Lipinski definition) is 5. The van der Waals surface area contributed by atoms with E-state index in [-0.39, 0.29) is 47.6 Å². The summed E-state index contributed by atoms with van der Waals surface area (Å²) in [4.78, 5) is 41.2. The molecule has 1 aromatic heterocycles. The molecule has 0 atom stereocenters. The fraction of sp³-hybridized carbons (Fsp3) is 0.143. The van der Waals surface area contributed by atoms with Gasteiger partial charge >= 0.3 is 0 Å². The second kappa shape index (κ2) is 8.11. The van der Waals surface area contributed by atoms with E-state index in [1.54, 1.807) is 24.3 Å². The molecule has 3 aromatic rings. The fourth-order valence-corrected chi connectivity index (χ4v) is 3.77. The molecule has 1 saturated heterocycles. The first-order valence-corrected chi connectivity index (χ1v) is 9.93. The smallest absolute Gasteiger partial charge is 0.257 e. The number of amides is 3. The van der Waals surface area contributed by atoms with Crippen molar-refractivity contribution in [2.75, 3.05) is 5.32 Å². The number of carbonyl (C=O) groups excluding carboxylic acids is 3. The maximum atomic E-state index is 13.9. The average molecular weight is 427 g/mol. The quantitative estimate of drug-likeness (QED) is 0.625. The third-order valence-electron chi connectivity index (χ3n) is 4.64. The van der Waals surface area contributed by atoms with Gasteiger partial charge in [0.25, 0.3) is 5.91 Å². The van der Waals surface area contributed by atoms with E-state index < -0.39 is 17.5 Å². The van der Waals surface area contributed by atoms with Crippen molar-refractivity contribution < 1.29 is 23.2 Å². The van der Waals surface area contributed by atoms with Gasteiger partial charge in [-0.2, -0.15) is 0 Å². The maximum absolute atomic E-state index is 13.9. The minimum Gasteiger partial charge on any atom is -0.298 e. The molecule has 2 heterocycles. The van der Waals surface area contributed by atoms with Crippen LogP contribution in [-0.2, 0) is 16.1 Å². The highest BCUT2D eigenvalue weighted by Gasteiger charge is 2.28. The number of rotatable bonds is 5. The van der Waals surface area contributed by atoms with Crippen molar-refractivity contribution >= 4 is 34.2 Å². The first kappa shape index (κ1) is 19.8. The van der Waals surface area contributed by atoms with Gasteiger partial charge in [-0.3, -0.25) is 24.6 Å². The van der Waals surface area contributed by atoms with Crippen molar-refractivity contribution in [1.29, 1.82) is 0 Å². The zero-order chi connectivity index (χ0) is 21.3. The highest BCUT2D eigenvalue weighted by atomic mass is 32.1. The van der Waals surface area contributed by atoms with Gasteiger partial charge in [0.15, 0.2) is 5.13 Å². The normalized spacial score (nSPS) is 13.7. The van der Waals surface area contributed by atoms with Gasteiger partial charge in [0.1, 0.15) is 11.6 Å². The van der Waals surface area contributed by atoms with Crippen LogP contribution in [0.4, 0.5) is 13.9 Å². The molecule has 0 spiro atoms. The molecule has 2 aromatic carbocycles. The van der Waals surface area contributed by atoms with E-state index in [0.29, 0.717) is 5.56 Å². The van der Waals surface area contributed by atoms with Gasteiger partial charge in [0, 0.05) is 29.3 Å². The minimum atomic E-state index is -0.606. The van der Waals surface area contributed by atoms with E-state index in [0.717, 1.165) is 35.1 Å². The summed E-state index contributed by atoms with van der Waals surface area (Å²) < 4.78 is 27.3. The molecule has 0 saturated carbocycles. The molecule has 0 unspecified atom stereocenters. The Kier molecular flexibility index (Phi) is 5.37. The Hall–Kier alpha value is -3.46. The summed E-state index contributed by atoms with van der Waals surface area (Å²) in [6.07, 6.45) is 0.462. The molecule has 30 heavy (non-hydrogen) atoms. The third-order valence-corrected chi connectivity index (χ3v) is 5.40. The van der Waals surface area contributed by atoms with Crippen LogP contribution in [0.25, 0.3) is 11.3 Å². The Bertz CT molecular complexity index is 1130. The third kappa shape index (κ3) is 4.11. The molecule has 4 rings (SSSR count). The summed E-state index contributed by atoms with van der Waals surface area (Å²) in [5.41, 5.74) is 1.32. The molecule has 3 amide bonds. The number of benzene rings is 2. The molecule has 0 bridgehead atoms. The van der Waals surface area contributed by atoms with Gasteiger partial charge in [-0.05, 0) is 35.9 Å². The van der Waals surface area contributed by atoms with Crippen LogP contribution >= 0.6 is 11.3 Å². The van der Waals surface area contributed by atoms with Gasteiger partial charge in [0.2, 0.25) is 11.8 Å². The van der Waals surface area contributed by atoms with Crippen molar-refractivity contribution in [1.82, 2.24) is 9.88 Å². The number of likely N-dealkylation sites (tertiary alicyclic amines) is 1. The maximum Gasteiger partial charge on any atom is 0.257 e. The van der Waals surface area contributed by atoms with E-state index in [1.165, 1.54) is 10.3 Å². The Morgan fingerprint density at radius 1 is 1.07 bits per heavy atom. The van der Waals surface area contributed by atoms with Crippen molar-refractivity contribution in [3.63, 3.8) is 0 Å². The summed E-state index contributed by atoms with van der Waals surface area (Å²) in [5.74, 6) is -2.00. The lowest BCUT2D eigenvalue weighted by Crippen LogP contribution is -2.28. The number of halogens is 2. The molecule has 152 valence electrons. The monoisotopic (exact) mass is 427 g/mol. The number of anilines is 1. The number of nitrogens with zero attached hydrogens (tertiary/aromatic N) is 2. The number of aromatic nitrogens is 1. The highest BCUT2D eigenvalue weighted by molar-refractivity contribution is 7.14. The first-order valence-electron chi connectivity index (χ1n) is 9.05. The number of nitrogens with one attached hydrogen (secondary N) is 1. The van der Waals surface area contributed by atoms with Crippen LogP contribution in [-0.4, -0.2) is 27.6 Å². The Morgan fingerprint density at radius 3 is 2.47 bits per heavy atom. The summed E-state index contributed by atoms with van der Waals surface area (Å²) in [6.45, 7) is 0.175. The standard InChI is InChI=1S/C21H15F2N3O3S/c22-14-5-6-16(23)15(9-14)17-11-30-21(24-17)25-20(29)13-3-1-12(2-4-13)10-26-18(27)7-8-19(26)28/h1-6,9,11H,7-8,10H2,(H,24,25,29). The predicted octanol–water partition coefficient (Wildman–Crippen LogP) is 3.99. The van der Waals surface area contributed by atoms with Crippen LogP contribution in [0.1, 0.15) is 28.8 Å². The van der Waals surface area contributed by atoms with Crippen LogP contribution in [0.3, 0.4) is 0 Å². The van der Waals surface area contributed by atoms with E-state index >= 15 is 0 Å². The molecule has 0 radical (unpaired) electrons. The summed E-state index contributed by atoms with van der Waals surface area (Å²) in [6, 6.07) is 9.59. The lowest BCUT2D eigenvalue weighted by atomic mass is 10.1. The molecular weight excluding hydrogens is 412 g/mol. The van der Waals surface area contributed by atoms with Crippen LogP contribution in [0, 0.1) is 11.6 Å². The van der Waals surface area contributed by atoms with Gasteiger partial charge in [-0.25, -0.2) is 13.8 Å². The molecule has 1 aliphatic heterocycles. The average Bonchev–Trinajstić information content (AvgIpc) is 3.32. The SMILES string of the molecule is O=C(Nc1nc(-c2cc(F)ccc2F)cs1)c1ccc(CN2C(=O)CCC2=O)cc1. The van der Waals surface area contributed by atoms with Crippen molar-refractivity contribution in [3.8, 4) is 11.3 Å². The number of hydrogen-bond donors (Lipinski definition) is 1. The van der Waals surface area contributed by atoms with Crippen molar-refractivity contribution in [2.24, 2.45) is 0 Å². The lowest BCUT2D eigenvalue weighted by Gasteiger charge is -2.13. The van der Waals surface area contributed by atoms with E-state index in [9.17, 15) is 23.2 Å². The van der Waals surface area contributed by atoms with E-state index in [4.69, 9.17) is 0 Å². The molecule has 1 fully saturated rings. The molecule has 1 N–H and O–H groups in total. The van der Waals surface area contributed by atoms with Gasteiger partial charge in [-0.1, -0.05) is 12.1 Å². The van der Waals surface area contributed by atoms with Gasteiger partial charge < -0.3 is 0 Å². The zero-order valence-electron chi connectivity index (χ0n) is 15.5. The summed E-state index contributed by atoms with van der Waals surface area (Å²) in [5, 5.41) is 4.40. The Morgan fingerprint density at radius 2 is 1.77 bits per heavy atom. The predicted molar refractivity (Wildman–Crippen MR) is 107 cm³/mol. The van der Waals surface area contributed by atoms with Crippen LogP contribution in [0.5, 0.6) is 0 Å². The molecule has 0 aliphatic carbocycles. The summed E-state index contributed by atoms with van der Waals surface area (Å²) >= 11 is 1.09. The second-order valence-electron chi connectivity index (χ2n) is 6.69. The lowest BCUT2D eigenvalue weighted by molar-refractivity contribution is -0.139. The number of carbonyl (C=O) groups is 3. The Balaban J connectivity index is 1.43. The highest BCUT2D eigenvalue weighted by Crippen LogP contribution is 2.28. The minimum absolute atomic E-state index is 0.0158. The van der Waals surface area contributed by atoms with Crippen LogP contribution in [0.2, 0.25) is 0 Å². The Labute approximate surface area is 174 Å².